The van der Waals surface area contributed by atoms with Crippen molar-refractivity contribution >= 4 is 55.7 Å². The Hall–Kier alpha value is -4.08. The first-order valence-electron chi connectivity index (χ1n) is 11.7. The van der Waals surface area contributed by atoms with Crippen molar-refractivity contribution in [2.75, 3.05) is 25.7 Å². The molecule has 0 radical (unpaired) electrons. The summed E-state index contributed by atoms with van der Waals surface area (Å²) in [5.41, 5.74) is 1.47. The number of hydrogen-bond donors (Lipinski definition) is 1. The van der Waals surface area contributed by atoms with Gasteiger partial charge in [0.2, 0.25) is 0 Å². The highest BCUT2D eigenvalue weighted by Crippen LogP contribution is 2.46. The fraction of sp³-hybridized carbons (Fsp3) is 0.179. The van der Waals surface area contributed by atoms with Gasteiger partial charge in [0.25, 0.3) is 5.78 Å². The highest BCUT2D eigenvalue weighted by Gasteiger charge is 2.48. The molecule has 5 rings (SSSR count). The molecule has 1 N–H and O–H groups in total. The maximum Gasteiger partial charge on any atom is 0.301 e. The number of aromatic nitrogens is 1. The number of hydrogen-bond acceptors (Lipinski definition) is 8. The van der Waals surface area contributed by atoms with Crippen LogP contribution >= 0.6 is 22.9 Å². The summed E-state index contributed by atoms with van der Waals surface area (Å²) in [7, 11) is 3.01. The van der Waals surface area contributed by atoms with Crippen LogP contribution < -0.4 is 19.1 Å². The van der Waals surface area contributed by atoms with E-state index < -0.39 is 17.7 Å². The van der Waals surface area contributed by atoms with Gasteiger partial charge in [-0.05, 0) is 67.1 Å². The number of methoxy groups -OCH3 is 2. The normalized spacial score (nSPS) is 16.7. The molecule has 0 bridgehead atoms. The molecule has 1 aliphatic rings. The van der Waals surface area contributed by atoms with Crippen molar-refractivity contribution in [3.63, 3.8) is 0 Å². The van der Waals surface area contributed by atoms with Crippen LogP contribution in [0.4, 0.5) is 5.13 Å². The van der Waals surface area contributed by atoms with Gasteiger partial charge < -0.3 is 19.3 Å². The van der Waals surface area contributed by atoms with Gasteiger partial charge in [-0.3, -0.25) is 14.5 Å². The molecule has 4 aromatic rings. The summed E-state index contributed by atoms with van der Waals surface area (Å²) in [6, 6.07) is 15.9. The highest BCUT2D eigenvalue weighted by molar-refractivity contribution is 7.22. The molecule has 0 spiro atoms. The van der Waals surface area contributed by atoms with Gasteiger partial charge in [-0.15, -0.1) is 0 Å². The number of aliphatic hydroxyl groups excluding tert-OH is 1. The fourth-order valence-electron chi connectivity index (χ4n) is 4.38. The van der Waals surface area contributed by atoms with Gasteiger partial charge in [0.05, 0.1) is 42.7 Å². The van der Waals surface area contributed by atoms with Crippen LogP contribution in [0.15, 0.2) is 66.2 Å². The highest BCUT2D eigenvalue weighted by atomic mass is 35.5. The number of fused-ring (bicyclic) bond motifs is 1. The molecule has 38 heavy (non-hydrogen) atoms. The molecule has 3 aromatic carbocycles. The van der Waals surface area contributed by atoms with Crippen LogP contribution in [0, 0.1) is 0 Å². The summed E-state index contributed by atoms with van der Waals surface area (Å²) in [5, 5.41) is 12.1. The van der Waals surface area contributed by atoms with E-state index in [0.717, 1.165) is 4.70 Å². The number of thiazole rings is 1. The summed E-state index contributed by atoms with van der Waals surface area (Å²) in [5.74, 6) is -0.378. The lowest BCUT2D eigenvalue weighted by Crippen LogP contribution is -2.29. The number of Topliss-reactive ketones (excluding diaryl/α,β-unsaturated/α-hetero) is 1. The zero-order chi connectivity index (χ0) is 27.0. The van der Waals surface area contributed by atoms with Gasteiger partial charge in [0.1, 0.15) is 11.5 Å². The van der Waals surface area contributed by atoms with Crippen LogP contribution in [-0.2, 0) is 9.59 Å². The molecule has 194 valence electrons. The number of benzene rings is 3. The van der Waals surface area contributed by atoms with E-state index in [9.17, 15) is 14.7 Å². The molecule has 10 heteroatoms. The van der Waals surface area contributed by atoms with Crippen LogP contribution in [-0.4, -0.2) is 42.6 Å². The molecule has 1 aliphatic heterocycles. The number of nitrogens with zero attached hydrogens (tertiary/aromatic N) is 2. The second-order valence-electron chi connectivity index (χ2n) is 8.35. The maximum atomic E-state index is 13.5. The van der Waals surface area contributed by atoms with Gasteiger partial charge in [-0.1, -0.05) is 29.0 Å². The second kappa shape index (κ2) is 10.4. The van der Waals surface area contributed by atoms with Crippen molar-refractivity contribution in [2.24, 2.45) is 0 Å². The third-order valence-corrected chi connectivity index (χ3v) is 7.42. The summed E-state index contributed by atoms with van der Waals surface area (Å²) in [6.07, 6.45) is 0. The van der Waals surface area contributed by atoms with Crippen LogP contribution in [0.5, 0.6) is 17.2 Å². The smallest absolute Gasteiger partial charge is 0.301 e. The number of carbonyl (C=O) groups excluding carboxylic acids is 2. The number of halogens is 1. The van der Waals surface area contributed by atoms with E-state index in [1.165, 1.54) is 30.5 Å². The van der Waals surface area contributed by atoms with Crippen molar-refractivity contribution < 1.29 is 28.9 Å². The van der Waals surface area contributed by atoms with E-state index in [0.29, 0.717) is 50.7 Å². The van der Waals surface area contributed by atoms with E-state index in [4.69, 9.17) is 25.8 Å². The molecule has 2 heterocycles. The van der Waals surface area contributed by atoms with Gasteiger partial charge in [-0.2, -0.15) is 0 Å². The number of aliphatic hydroxyl groups is 1. The predicted octanol–water partition coefficient (Wildman–Crippen LogP) is 5.99. The summed E-state index contributed by atoms with van der Waals surface area (Å²) in [4.78, 5) is 32.9. The maximum absolute atomic E-state index is 13.5. The lowest BCUT2D eigenvalue weighted by atomic mass is 9.95. The van der Waals surface area contributed by atoms with E-state index in [1.54, 1.807) is 54.6 Å². The molecule has 1 aromatic heterocycles. The SMILES string of the molecule is CCOc1ccc2nc(N3C(=O)C(=O)/C(=C(/O)c4ccc(Cl)cc4)[C@@H]3c3ccc(OC)c(OC)c3)sc2c1. The topological polar surface area (TPSA) is 98.2 Å². The molecule has 8 nitrogen and oxygen atoms in total. The molecular weight excluding hydrogens is 528 g/mol. The minimum atomic E-state index is -0.975. The van der Waals surface area contributed by atoms with E-state index in [-0.39, 0.29) is 11.3 Å². The van der Waals surface area contributed by atoms with Gasteiger partial charge in [0, 0.05) is 10.6 Å². The fourth-order valence-corrected chi connectivity index (χ4v) is 5.53. The quantitative estimate of drug-likeness (QED) is 0.171. The molecule has 0 saturated carbocycles. The van der Waals surface area contributed by atoms with E-state index in [1.807, 2.05) is 13.0 Å². The average Bonchev–Trinajstić information content (AvgIpc) is 3.46. The van der Waals surface area contributed by atoms with Crippen LogP contribution in [0.1, 0.15) is 24.1 Å². The van der Waals surface area contributed by atoms with Gasteiger partial charge in [0.15, 0.2) is 16.6 Å². The number of rotatable bonds is 7. The van der Waals surface area contributed by atoms with E-state index in [2.05, 4.69) is 4.98 Å². The summed E-state index contributed by atoms with van der Waals surface area (Å²) < 4.78 is 17.2. The number of carbonyl (C=O) groups is 2. The summed E-state index contributed by atoms with van der Waals surface area (Å²) in [6.45, 7) is 2.40. The lowest BCUT2D eigenvalue weighted by molar-refractivity contribution is -0.132. The Morgan fingerprint density at radius 2 is 1.76 bits per heavy atom. The molecule has 0 unspecified atom stereocenters. The Balaban J connectivity index is 1.71. The third-order valence-electron chi connectivity index (χ3n) is 6.15. The molecule has 1 fully saturated rings. The first kappa shape index (κ1) is 25.6. The number of ether oxygens (including phenoxy) is 3. The van der Waals surface area contributed by atoms with Crippen molar-refractivity contribution in [2.45, 2.75) is 13.0 Å². The predicted molar refractivity (Wildman–Crippen MR) is 147 cm³/mol. The average molecular weight is 551 g/mol. The minimum Gasteiger partial charge on any atom is -0.507 e. The zero-order valence-corrected chi connectivity index (χ0v) is 22.3. The Morgan fingerprint density at radius 1 is 1.03 bits per heavy atom. The van der Waals surface area contributed by atoms with Crippen LogP contribution in [0.25, 0.3) is 16.0 Å². The zero-order valence-electron chi connectivity index (χ0n) is 20.7. The standard InChI is InChI=1S/C28H23ClN2O6S/c1-4-37-18-10-11-19-22(14-18)38-28(30-19)31-24(16-7-12-20(35-2)21(13-16)36-3)23(26(33)27(31)34)25(32)15-5-8-17(29)9-6-15/h5-14,24,32H,4H2,1-3H3/b25-23+/t24-/m0/s1. The Kier molecular flexibility index (Phi) is 6.96. The van der Waals surface area contributed by atoms with Crippen molar-refractivity contribution in [3.05, 3.63) is 82.4 Å². The Labute approximate surface area is 227 Å². The van der Waals surface area contributed by atoms with Crippen LogP contribution in [0.3, 0.4) is 0 Å². The lowest BCUT2D eigenvalue weighted by Gasteiger charge is -2.23. The van der Waals surface area contributed by atoms with Crippen LogP contribution in [0.2, 0.25) is 5.02 Å². The summed E-state index contributed by atoms with van der Waals surface area (Å²) >= 11 is 7.27. The minimum absolute atomic E-state index is 0.0706. The Morgan fingerprint density at radius 3 is 2.45 bits per heavy atom. The number of anilines is 1. The number of amides is 1. The largest absolute Gasteiger partial charge is 0.507 e. The van der Waals surface area contributed by atoms with Gasteiger partial charge >= 0.3 is 5.91 Å². The van der Waals surface area contributed by atoms with Crippen molar-refractivity contribution in [1.82, 2.24) is 4.98 Å². The first-order valence-corrected chi connectivity index (χ1v) is 12.9. The molecule has 1 amide bonds. The monoisotopic (exact) mass is 550 g/mol. The first-order chi connectivity index (χ1) is 18.4. The molecule has 1 atom stereocenters. The molecule has 1 saturated heterocycles. The Bertz CT molecular complexity index is 1580. The van der Waals surface area contributed by atoms with E-state index >= 15 is 0 Å². The molecule has 0 aliphatic carbocycles. The van der Waals surface area contributed by atoms with Crippen molar-refractivity contribution in [1.29, 1.82) is 0 Å². The molecular formula is C28H23ClN2O6S. The third kappa shape index (κ3) is 4.44. The van der Waals surface area contributed by atoms with Gasteiger partial charge in [-0.25, -0.2) is 4.98 Å². The second-order valence-corrected chi connectivity index (χ2v) is 9.79. The van der Waals surface area contributed by atoms with Crippen molar-refractivity contribution in [3.8, 4) is 17.2 Å². The number of ketones is 1.